The maximum atomic E-state index is 13.6. The summed E-state index contributed by atoms with van der Waals surface area (Å²) >= 11 is 6.25. The van der Waals surface area contributed by atoms with Gasteiger partial charge in [-0.15, -0.1) is 0 Å². The number of methoxy groups -OCH3 is 2. The predicted molar refractivity (Wildman–Crippen MR) is 139 cm³/mol. The molecule has 0 spiro atoms. The minimum Gasteiger partial charge on any atom is -0.493 e. The van der Waals surface area contributed by atoms with Gasteiger partial charge in [0.25, 0.3) is 5.91 Å². The molecule has 204 valence electrons. The molecule has 0 radical (unpaired) electrons. The highest BCUT2D eigenvalue weighted by atomic mass is 35.5. The topological polar surface area (TPSA) is 65.3 Å². The van der Waals surface area contributed by atoms with E-state index in [0.29, 0.717) is 45.6 Å². The lowest BCUT2D eigenvalue weighted by Crippen LogP contribution is -2.43. The van der Waals surface area contributed by atoms with Gasteiger partial charge in [-0.05, 0) is 54.4 Å². The molecule has 0 saturated carbocycles. The van der Waals surface area contributed by atoms with Gasteiger partial charge in [0.2, 0.25) is 0 Å². The third kappa shape index (κ3) is 5.08. The molecule has 1 amide bonds. The molecule has 3 heterocycles. The van der Waals surface area contributed by atoms with Crippen LogP contribution in [0.4, 0.5) is 13.2 Å². The van der Waals surface area contributed by atoms with Crippen molar-refractivity contribution in [1.29, 1.82) is 0 Å². The highest BCUT2D eigenvalue weighted by Crippen LogP contribution is 2.40. The minimum atomic E-state index is -4.51. The van der Waals surface area contributed by atoms with Crippen molar-refractivity contribution in [2.24, 2.45) is 0 Å². The number of benzene rings is 2. The minimum absolute atomic E-state index is 0.150. The standard InChI is InChI=1S/C28H25ClF3N3O4/c1-16-4-6-19(29)22(12-16)39-15-25(36)35-11-9-20-27(26(35)17-5-7-21(37-2)23(13-17)38-3)34-10-8-18(28(30,31)32)14-24(34)33-20/h4-8,10,12-14,26H,9,11,15H2,1-3H3. The van der Waals surface area contributed by atoms with Crippen molar-refractivity contribution in [3.8, 4) is 17.2 Å². The molecule has 1 atom stereocenters. The Morgan fingerprint density at radius 2 is 1.82 bits per heavy atom. The number of pyridine rings is 1. The lowest BCUT2D eigenvalue weighted by Gasteiger charge is -2.36. The number of hydrogen-bond acceptors (Lipinski definition) is 5. The summed E-state index contributed by atoms with van der Waals surface area (Å²) in [4.78, 5) is 19.8. The molecule has 1 unspecified atom stereocenters. The number of halogens is 4. The molecule has 0 N–H and O–H groups in total. The van der Waals surface area contributed by atoms with E-state index in [9.17, 15) is 18.0 Å². The Morgan fingerprint density at radius 1 is 1.05 bits per heavy atom. The normalized spacial score (nSPS) is 15.3. The van der Waals surface area contributed by atoms with Crippen molar-refractivity contribution in [2.45, 2.75) is 25.6 Å². The monoisotopic (exact) mass is 559 g/mol. The number of hydrogen-bond donors (Lipinski definition) is 0. The van der Waals surface area contributed by atoms with E-state index in [1.807, 2.05) is 13.0 Å². The van der Waals surface area contributed by atoms with E-state index < -0.39 is 17.8 Å². The van der Waals surface area contributed by atoms with E-state index in [1.54, 1.807) is 39.6 Å². The fourth-order valence-corrected chi connectivity index (χ4v) is 5.01. The zero-order chi connectivity index (χ0) is 27.9. The van der Waals surface area contributed by atoms with Gasteiger partial charge in [-0.25, -0.2) is 4.98 Å². The maximum absolute atomic E-state index is 13.6. The summed E-state index contributed by atoms with van der Waals surface area (Å²) in [5, 5.41) is 0.382. The Labute approximate surface area is 227 Å². The molecular formula is C28H25ClF3N3O4. The molecule has 0 fully saturated rings. The number of nitrogens with zero attached hydrogens (tertiary/aromatic N) is 3. The predicted octanol–water partition coefficient (Wildman–Crippen LogP) is 5.89. The number of aromatic nitrogens is 2. The number of carbonyl (C=O) groups excluding carboxylic acids is 1. The van der Waals surface area contributed by atoms with Gasteiger partial charge in [0.1, 0.15) is 11.4 Å². The first kappa shape index (κ1) is 26.7. The molecule has 4 aromatic rings. The molecule has 11 heteroatoms. The van der Waals surface area contributed by atoms with Gasteiger partial charge in [-0.1, -0.05) is 23.7 Å². The second-order valence-electron chi connectivity index (χ2n) is 9.16. The largest absolute Gasteiger partial charge is 0.493 e. The van der Waals surface area contributed by atoms with Crippen LogP contribution in [0.15, 0.2) is 54.7 Å². The second-order valence-corrected chi connectivity index (χ2v) is 9.57. The van der Waals surface area contributed by atoms with Crippen LogP contribution in [-0.4, -0.2) is 47.6 Å². The van der Waals surface area contributed by atoms with Crippen LogP contribution >= 0.6 is 11.6 Å². The van der Waals surface area contributed by atoms with Gasteiger partial charge in [0.05, 0.1) is 42.2 Å². The van der Waals surface area contributed by atoms with Crippen LogP contribution in [0.3, 0.4) is 0 Å². The maximum Gasteiger partial charge on any atom is 0.416 e. The van der Waals surface area contributed by atoms with E-state index in [1.165, 1.54) is 20.4 Å². The molecule has 1 aliphatic heterocycles. The van der Waals surface area contributed by atoms with Crippen molar-refractivity contribution in [2.75, 3.05) is 27.4 Å². The molecular weight excluding hydrogens is 535 g/mol. The molecule has 0 bridgehead atoms. The fourth-order valence-electron chi connectivity index (χ4n) is 4.84. The van der Waals surface area contributed by atoms with E-state index in [0.717, 1.165) is 17.7 Å². The van der Waals surface area contributed by atoms with Crippen molar-refractivity contribution < 1.29 is 32.2 Å². The number of ether oxygens (including phenoxy) is 3. The van der Waals surface area contributed by atoms with E-state index in [2.05, 4.69) is 4.98 Å². The van der Waals surface area contributed by atoms with Crippen LogP contribution in [0.25, 0.3) is 5.65 Å². The van der Waals surface area contributed by atoms with Crippen molar-refractivity contribution in [3.63, 3.8) is 0 Å². The average molecular weight is 560 g/mol. The quantitative estimate of drug-likeness (QED) is 0.295. The summed E-state index contributed by atoms with van der Waals surface area (Å²) in [6.07, 6.45) is -2.80. The molecule has 2 aromatic heterocycles. The van der Waals surface area contributed by atoms with Gasteiger partial charge in [0, 0.05) is 19.2 Å². The van der Waals surface area contributed by atoms with E-state index >= 15 is 0 Å². The zero-order valence-corrected chi connectivity index (χ0v) is 22.1. The number of carbonyl (C=O) groups is 1. The average Bonchev–Trinajstić information content (AvgIpc) is 3.30. The smallest absolute Gasteiger partial charge is 0.416 e. The Morgan fingerprint density at radius 3 is 2.54 bits per heavy atom. The van der Waals surface area contributed by atoms with E-state index in [-0.39, 0.29) is 24.7 Å². The first-order valence-electron chi connectivity index (χ1n) is 12.1. The summed E-state index contributed by atoms with van der Waals surface area (Å²) in [6, 6.07) is 11.9. The van der Waals surface area contributed by atoms with Crippen LogP contribution in [0, 0.1) is 6.92 Å². The summed E-state index contributed by atoms with van der Waals surface area (Å²) in [5.74, 6) is 1.02. The van der Waals surface area contributed by atoms with Gasteiger partial charge < -0.3 is 23.5 Å². The summed E-state index contributed by atoms with van der Waals surface area (Å²) in [5.41, 5.74) is 2.17. The summed E-state index contributed by atoms with van der Waals surface area (Å²) in [6.45, 7) is 1.89. The van der Waals surface area contributed by atoms with Gasteiger partial charge in [0.15, 0.2) is 18.1 Å². The number of fused-ring (bicyclic) bond motifs is 3. The summed E-state index contributed by atoms with van der Waals surface area (Å²) < 4.78 is 58.5. The molecule has 2 aromatic carbocycles. The van der Waals surface area contributed by atoms with Crippen molar-refractivity contribution >= 4 is 23.2 Å². The zero-order valence-electron chi connectivity index (χ0n) is 21.4. The fraction of sp³-hybridized carbons (Fsp3) is 0.286. The van der Waals surface area contributed by atoms with Crippen LogP contribution in [0.5, 0.6) is 17.2 Å². The van der Waals surface area contributed by atoms with Crippen LogP contribution in [0.2, 0.25) is 5.02 Å². The third-order valence-electron chi connectivity index (χ3n) is 6.71. The number of amides is 1. The molecule has 39 heavy (non-hydrogen) atoms. The molecule has 7 nitrogen and oxygen atoms in total. The first-order valence-corrected chi connectivity index (χ1v) is 12.5. The Kier molecular flexibility index (Phi) is 7.07. The number of alkyl halides is 3. The highest BCUT2D eigenvalue weighted by molar-refractivity contribution is 6.32. The van der Waals surface area contributed by atoms with Crippen molar-refractivity contribution in [1.82, 2.24) is 14.3 Å². The number of aryl methyl sites for hydroxylation is 1. The lowest BCUT2D eigenvalue weighted by atomic mass is 9.95. The number of imidazole rings is 1. The SMILES string of the molecule is COc1ccc(C2c3c(nc4cc(C(F)(F)F)ccn34)CCN2C(=O)COc2cc(C)ccc2Cl)cc1OC. The lowest BCUT2D eigenvalue weighted by molar-refractivity contribution is -0.137. The van der Waals surface area contributed by atoms with E-state index in [4.69, 9.17) is 25.8 Å². The first-order chi connectivity index (χ1) is 18.6. The number of rotatable bonds is 6. The highest BCUT2D eigenvalue weighted by Gasteiger charge is 2.37. The molecule has 1 aliphatic rings. The Balaban J connectivity index is 1.58. The van der Waals surface area contributed by atoms with Crippen LogP contribution in [0.1, 0.15) is 34.1 Å². The van der Waals surface area contributed by atoms with Gasteiger partial charge in [-0.3, -0.25) is 4.79 Å². The third-order valence-corrected chi connectivity index (χ3v) is 7.02. The molecule has 0 saturated heterocycles. The van der Waals surface area contributed by atoms with Crippen molar-refractivity contribution in [3.05, 3.63) is 87.8 Å². The van der Waals surface area contributed by atoms with Crippen LogP contribution in [-0.2, 0) is 17.4 Å². The van der Waals surface area contributed by atoms with Gasteiger partial charge >= 0.3 is 6.18 Å². The Bertz CT molecular complexity index is 1550. The molecule has 0 aliphatic carbocycles. The Hall–Kier alpha value is -3.92. The van der Waals surface area contributed by atoms with Gasteiger partial charge in [-0.2, -0.15) is 13.2 Å². The second kappa shape index (κ2) is 10.3. The van der Waals surface area contributed by atoms with Crippen LogP contribution < -0.4 is 14.2 Å². The summed E-state index contributed by atoms with van der Waals surface area (Å²) in [7, 11) is 3.02. The molecule has 5 rings (SSSR count).